The third-order valence-electron chi connectivity index (χ3n) is 3.93. The Morgan fingerprint density at radius 3 is 2.43 bits per heavy atom. The fourth-order valence-corrected chi connectivity index (χ4v) is 4.14. The summed E-state index contributed by atoms with van der Waals surface area (Å²) in [6.45, 7) is -0.180. The van der Waals surface area contributed by atoms with Crippen LogP contribution >= 0.6 is 0 Å². The molecule has 0 bridgehead atoms. The van der Waals surface area contributed by atoms with Crippen LogP contribution in [-0.4, -0.2) is 24.1 Å². The van der Waals surface area contributed by atoms with Crippen LogP contribution in [0.5, 0.6) is 0 Å². The molecular formula is C15H18N2O3S. The summed E-state index contributed by atoms with van der Waals surface area (Å²) < 4.78 is 29.2. The average molecular weight is 306 g/mol. The predicted molar refractivity (Wildman–Crippen MR) is 79.3 cm³/mol. The number of hydrogen-bond donors (Lipinski definition) is 2. The van der Waals surface area contributed by atoms with Crippen molar-refractivity contribution in [1.82, 2.24) is 9.29 Å². The van der Waals surface area contributed by atoms with E-state index in [9.17, 15) is 8.42 Å². The van der Waals surface area contributed by atoms with Crippen molar-refractivity contribution < 1.29 is 13.5 Å². The van der Waals surface area contributed by atoms with Gasteiger partial charge in [0.15, 0.2) is 0 Å². The molecule has 1 aliphatic rings. The second-order valence-electron chi connectivity index (χ2n) is 5.43. The van der Waals surface area contributed by atoms with E-state index in [4.69, 9.17) is 5.11 Å². The molecule has 5 nitrogen and oxygen atoms in total. The van der Waals surface area contributed by atoms with Crippen LogP contribution in [-0.2, 0) is 36.5 Å². The maximum Gasteiger partial charge on any atom is 0.242 e. The Labute approximate surface area is 124 Å². The molecule has 0 unspecified atom stereocenters. The van der Waals surface area contributed by atoms with E-state index in [1.165, 1.54) is 23.4 Å². The lowest BCUT2D eigenvalue weighted by Crippen LogP contribution is -2.35. The molecule has 0 amide bonds. The van der Waals surface area contributed by atoms with E-state index in [0.29, 0.717) is 5.69 Å². The Kier molecular flexibility index (Phi) is 3.61. The van der Waals surface area contributed by atoms with Gasteiger partial charge < -0.3 is 9.67 Å². The highest BCUT2D eigenvalue weighted by Gasteiger charge is 2.27. The number of aryl methyl sites for hydroxylation is 1. The fraction of sp³-hybridized carbons (Fsp3) is 0.333. The number of nitrogens with one attached hydrogen (secondary N) is 1. The zero-order valence-corrected chi connectivity index (χ0v) is 12.6. The van der Waals surface area contributed by atoms with Crippen molar-refractivity contribution in [3.8, 4) is 0 Å². The van der Waals surface area contributed by atoms with Gasteiger partial charge in [0, 0.05) is 25.0 Å². The van der Waals surface area contributed by atoms with Gasteiger partial charge in [0.25, 0.3) is 0 Å². The topological polar surface area (TPSA) is 71.3 Å². The standard InChI is InChI=1S/C15H18N2O3S/c1-17-9-15(8-14(17)10-18)21(19,20)16-13-6-11-4-2-3-5-12(11)7-13/h2-5,8-9,13,16,18H,6-7,10H2,1H3. The molecule has 0 atom stereocenters. The minimum absolute atomic E-state index is 0.106. The lowest BCUT2D eigenvalue weighted by molar-refractivity contribution is 0.272. The largest absolute Gasteiger partial charge is 0.390 e. The summed E-state index contributed by atoms with van der Waals surface area (Å²) in [5.74, 6) is 0. The van der Waals surface area contributed by atoms with Crippen LogP contribution in [0.3, 0.4) is 0 Å². The molecule has 0 spiro atoms. The number of aliphatic hydroxyl groups is 1. The highest BCUT2D eigenvalue weighted by Crippen LogP contribution is 2.23. The molecule has 1 aromatic heterocycles. The van der Waals surface area contributed by atoms with E-state index in [2.05, 4.69) is 4.72 Å². The van der Waals surface area contributed by atoms with Crippen LogP contribution in [0.1, 0.15) is 16.8 Å². The lowest BCUT2D eigenvalue weighted by Gasteiger charge is -2.11. The fourth-order valence-electron chi connectivity index (χ4n) is 2.81. The van der Waals surface area contributed by atoms with Gasteiger partial charge in [-0.3, -0.25) is 0 Å². The summed E-state index contributed by atoms with van der Waals surface area (Å²) in [5, 5.41) is 9.16. The molecule has 1 aliphatic carbocycles. The van der Waals surface area contributed by atoms with E-state index in [-0.39, 0.29) is 17.5 Å². The normalized spacial score (nSPS) is 15.3. The molecule has 0 saturated carbocycles. The van der Waals surface area contributed by atoms with Crippen molar-refractivity contribution in [2.24, 2.45) is 7.05 Å². The third kappa shape index (κ3) is 2.74. The number of rotatable bonds is 4. The van der Waals surface area contributed by atoms with Gasteiger partial charge in [-0.15, -0.1) is 0 Å². The number of hydrogen-bond acceptors (Lipinski definition) is 3. The molecule has 112 valence electrons. The van der Waals surface area contributed by atoms with E-state index in [0.717, 1.165) is 12.8 Å². The molecule has 1 heterocycles. The van der Waals surface area contributed by atoms with Crippen molar-refractivity contribution in [3.63, 3.8) is 0 Å². The van der Waals surface area contributed by atoms with Crippen LogP contribution in [0.15, 0.2) is 41.4 Å². The van der Waals surface area contributed by atoms with Crippen LogP contribution < -0.4 is 4.72 Å². The maximum atomic E-state index is 12.4. The Hall–Kier alpha value is -1.63. The molecule has 0 aliphatic heterocycles. The van der Waals surface area contributed by atoms with Crippen molar-refractivity contribution in [1.29, 1.82) is 0 Å². The number of aromatic nitrogens is 1. The molecule has 1 aromatic carbocycles. The number of aliphatic hydroxyl groups excluding tert-OH is 1. The predicted octanol–water partition coefficient (Wildman–Crippen LogP) is 0.963. The summed E-state index contributed by atoms with van der Waals surface area (Å²) in [5.41, 5.74) is 2.98. The van der Waals surface area contributed by atoms with E-state index in [1.807, 2.05) is 24.3 Å². The van der Waals surface area contributed by atoms with Crippen molar-refractivity contribution in [2.45, 2.75) is 30.4 Å². The van der Waals surface area contributed by atoms with E-state index < -0.39 is 10.0 Å². The maximum absolute atomic E-state index is 12.4. The molecule has 2 N–H and O–H groups in total. The Balaban J connectivity index is 1.78. The van der Waals surface area contributed by atoms with Gasteiger partial charge in [-0.1, -0.05) is 24.3 Å². The Morgan fingerprint density at radius 2 is 1.90 bits per heavy atom. The van der Waals surface area contributed by atoms with Crippen LogP contribution in [0.25, 0.3) is 0 Å². The van der Waals surface area contributed by atoms with Gasteiger partial charge in [-0.25, -0.2) is 13.1 Å². The summed E-state index contributed by atoms with van der Waals surface area (Å²) >= 11 is 0. The minimum atomic E-state index is -3.56. The van der Waals surface area contributed by atoms with Gasteiger partial charge >= 0.3 is 0 Å². The van der Waals surface area contributed by atoms with Gasteiger partial charge in [0.05, 0.1) is 11.5 Å². The molecule has 2 aromatic rings. The Morgan fingerprint density at radius 1 is 1.29 bits per heavy atom. The Bertz CT molecular complexity index is 740. The lowest BCUT2D eigenvalue weighted by atomic mass is 10.1. The summed E-state index contributed by atoms with van der Waals surface area (Å²) in [6.07, 6.45) is 2.96. The van der Waals surface area contributed by atoms with Crippen molar-refractivity contribution >= 4 is 10.0 Å². The van der Waals surface area contributed by atoms with Gasteiger partial charge in [0.1, 0.15) is 0 Å². The first-order chi connectivity index (χ1) is 9.99. The molecular weight excluding hydrogens is 288 g/mol. The minimum Gasteiger partial charge on any atom is -0.390 e. The monoisotopic (exact) mass is 306 g/mol. The molecule has 21 heavy (non-hydrogen) atoms. The zero-order valence-electron chi connectivity index (χ0n) is 11.8. The average Bonchev–Trinajstić information content (AvgIpc) is 3.00. The number of benzene rings is 1. The number of nitrogens with zero attached hydrogens (tertiary/aromatic N) is 1. The first-order valence-electron chi connectivity index (χ1n) is 6.85. The smallest absolute Gasteiger partial charge is 0.242 e. The van der Waals surface area contributed by atoms with Gasteiger partial charge in [-0.2, -0.15) is 0 Å². The first kappa shape index (κ1) is 14.3. The quantitative estimate of drug-likeness (QED) is 0.884. The van der Waals surface area contributed by atoms with Crippen LogP contribution in [0.2, 0.25) is 0 Å². The van der Waals surface area contributed by atoms with E-state index in [1.54, 1.807) is 11.6 Å². The zero-order chi connectivity index (χ0) is 15.0. The molecule has 3 rings (SSSR count). The van der Waals surface area contributed by atoms with Crippen LogP contribution in [0, 0.1) is 0 Å². The number of sulfonamides is 1. The highest BCUT2D eigenvalue weighted by molar-refractivity contribution is 7.89. The summed E-state index contributed by atoms with van der Waals surface area (Å²) in [6, 6.07) is 9.42. The molecule has 0 fully saturated rings. The van der Waals surface area contributed by atoms with Gasteiger partial charge in [0.2, 0.25) is 10.0 Å². The number of fused-ring (bicyclic) bond motifs is 1. The van der Waals surface area contributed by atoms with Crippen LogP contribution in [0.4, 0.5) is 0 Å². The molecule has 0 radical (unpaired) electrons. The SMILES string of the molecule is Cn1cc(S(=O)(=O)NC2Cc3ccccc3C2)cc1CO. The highest BCUT2D eigenvalue weighted by atomic mass is 32.2. The van der Waals surface area contributed by atoms with Crippen molar-refractivity contribution in [3.05, 3.63) is 53.3 Å². The van der Waals surface area contributed by atoms with E-state index >= 15 is 0 Å². The second kappa shape index (κ2) is 5.29. The third-order valence-corrected chi connectivity index (χ3v) is 5.42. The molecule has 6 heteroatoms. The van der Waals surface area contributed by atoms with Gasteiger partial charge in [-0.05, 0) is 30.0 Å². The molecule has 0 saturated heterocycles. The summed E-state index contributed by atoms with van der Waals surface area (Å²) in [7, 11) is -1.84. The first-order valence-corrected chi connectivity index (χ1v) is 8.33. The second-order valence-corrected chi connectivity index (χ2v) is 7.15. The van der Waals surface area contributed by atoms with Crippen molar-refractivity contribution in [2.75, 3.05) is 0 Å². The summed E-state index contributed by atoms with van der Waals surface area (Å²) in [4.78, 5) is 0.199.